The van der Waals surface area contributed by atoms with Crippen LogP contribution in [-0.4, -0.2) is 26.5 Å². The van der Waals surface area contributed by atoms with E-state index in [2.05, 4.69) is 52.7 Å². The molecule has 3 heteroatoms. The molecule has 1 spiro atoms. The van der Waals surface area contributed by atoms with Crippen LogP contribution in [0.4, 0.5) is 0 Å². The topological polar surface area (TPSA) is 3.24 Å². The van der Waals surface area contributed by atoms with Crippen LogP contribution in [0.1, 0.15) is 49.3 Å². The summed E-state index contributed by atoms with van der Waals surface area (Å²) in [7, 11) is 0. The van der Waals surface area contributed by atoms with Gasteiger partial charge in [-0.1, -0.05) is 37.1 Å². The van der Waals surface area contributed by atoms with Gasteiger partial charge in [-0.05, 0) is 36.3 Å². The standard InChI is InChI=1S/C18H23NS2/c1-2-6-14-13(5-1)12-19-16-8-4-3-7-15(16)18(11-17(14)19)20-9-10-21-18/h1-2,5-6,15-17H,3-4,7-12H2. The van der Waals surface area contributed by atoms with Crippen LogP contribution in [-0.2, 0) is 6.54 Å². The van der Waals surface area contributed by atoms with Crippen molar-refractivity contribution in [3.05, 3.63) is 35.4 Å². The lowest BCUT2D eigenvalue weighted by molar-refractivity contribution is 0.0185. The van der Waals surface area contributed by atoms with Crippen molar-refractivity contribution >= 4 is 23.5 Å². The smallest absolute Gasteiger partial charge is 0.0672 e. The maximum absolute atomic E-state index is 2.89. The lowest BCUT2D eigenvalue weighted by Crippen LogP contribution is -2.54. The van der Waals surface area contributed by atoms with Gasteiger partial charge in [-0.2, -0.15) is 0 Å². The van der Waals surface area contributed by atoms with Gasteiger partial charge in [-0.3, -0.25) is 4.90 Å². The van der Waals surface area contributed by atoms with Gasteiger partial charge in [0.1, 0.15) is 0 Å². The van der Waals surface area contributed by atoms with Crippen LogP contribution in [0.5, 0.6) is 0 Å². The van der Waals surface area contributed by atoms with Crippen molar-refractivity contribution < 1.29 is 0 Å². The minimum absolute atomic E-state index is 0.545. The molecule has 5 rings (SSSR count). The molecule has 0 bridgehead atoms. The third-order valence-electron chi connectivity index (χ3n) is 6.14. The minimum Gasteiger partial charge on any atom is -0.289 e. The number of thioether (sulfide) groups is 2. The van der Waals surface area contributed by atoms with E-state index in [1.54, 1.807) is 11.1 Å². The highest BCUT2D eigenvalue weighted by Crippen LogP contribution is 2.63. The first-order chi connectivity index (χ1) is 10.4. The van der Waals surface area contributed by atoms with Crippen LogP contribution in [0.25, 0.3) is 0 Å². The van der Waals surface area contributed by atoms with Gasteiger partial charge in [0.25, 0.3) is 0 Å². The van der Waals surface area contributed by atoms with E-state index >= 15 is 0 Å². The molecule has 4 aliphatic rings. The number of nitrogens with zero attached hydrogens (tertiary/aromatic N) is 1. The zero-order valence-electron chi connectivity index (χ0n) is 12.5. The van der Waals surface area contributed by atoms with Crippen LogP contribution in [0.3, 0.4) is 0 Å². The van der Waals surface area contributed by atoms with E-state index < -0.39 is 0 Å². The highest BCUT2D eigenvalue weighted by Gasteiger charge is 2.56. The predicted octanol–water partition coefficient (Wildman–Crippen LogP) is 4.68. The number of fused-ring (bicyclic) bond motifs is 6. The first kappa shape index (κ1) is 13.3. The van der Waals surface area contributed by atoms with Crippen LogP contribution >= 0.6 is 23.5 Å². The van der Waals surface area contributed by atoms with Gasteiger partial charge in [-0.15, -0.1) is 23.5 Å². The van der Waals surface area contributed by atoms with Crippen LogP contribution in [0.15, 0.2) is 24.3 Å². The minimum atomic E-state index is 0.545. The van der Waals surface area contributed by atoms with Crippen molar-refractivity contribution in [2.75, 3.05) is 11.5 Å². The van der Waals surface area contributed by atoms with E-state index in [9.17, 15) is 0 Å². The summed E-state index contributed by atoms with van der Waals surface area (Å²) >= 11 is 4.62. The summed E-state index contributed by atoms with van der Waals surface area (Å²) in [5.41, 5.74) is 3.26. The van der Waals surface area contributed by atoms with Crippen molar-refractivity contribution in [1.29, 1.82) is 0 Å². The van der Waals surface area contributed by atoms with Crippen LogP contribution < -0.4 is 0 Å². The SMILES string of the molecule is c1ccc2c(c1)CN1C2CC2(SCCS2)C2CCCCC21. The lowest BCUT2D eigenvalue weighted by Gasteiger charge is -2.54. The van der Waals surface area contributed by atoms with E-state index in [-0.39, 0.29) is 0 Å². The first-order valence-electron chi connectivity index (χ1n) is 8.49. The number of benzene rings is 1. The quantitative estimate of drug-likeness (QED) is 0.684. The molecule has 3 fully saturated rings. The van der Waals surface area contributed by atoms with Gasteiger partial charge < -0.3 is 0 Å². The molecule has 112 valence electrons. The first-order valence-corrected chi connectivity index (χ1v) is 10.5. The highest BCUT2D eigenvalue weighted by molar-refractivity contribution is 8.21. The molecule has 3 unspecified atom stereocenters. The van der Waals surface area contributed by atoms with E-state index in [4.69, 9.17) is 0 Å². The summed E-state index contributed by atoms with van der Waals surface area (Å²) in [6.45, 7) is 1.22. The van der Waals surface area contributed by atoms with Crippen molar-refractivity contribution in [3.63, 3.8) is 0 Å². The summed E-state index contributed by atoms with van der Waals surface area (Å²) < 4.78 is 0.545. The van der Waals surface area contributed by atoms with Crippen molar-refractivity contribution in [2.45, 2.75) is 54.8 Å². The van der Waals surface area contributed by atoms with Crippen LogP contribution in [0.2, 0.25) is 0 Å². The Morgan fingerprint density at radius 1 is 1.05 bits per heavy atom. The van der Waals surface area contributed by atoms with Gasteiger partial charge in [-0.25, -0.2) is 0 Å². The molecule has 3 atom stereocenters. The van der Waals surface area contributed by atoms with Crippen molar-refractivity contribution in [1.82, 2.24) is 4.90 Å². The number of rotatable bonds is 0. The van der Waals surface area contributed by atoms with Gasteiger partial charge in [0.2, 0.25) is 0 Å². The van der Waals surface area contributed by atoms with E-state index in [0.717, 1.165) is 12.0 Å². The number of piperidine rings is 1. The number of hydrogen-bond donors (Lipinski definition) is 0. The van der Waals surface area contributed by atoms with E-state index in [0.29, 0.717) is 10.1 Å². The van der Waals surface area contributed by atoms with E-state index in [1.807, 2.05) is 0 Å². The molecule has 3 aliphatic heterocycles. The molecule has 1 aromatic carbocycles. The second kappa shape index (κ2) is 4.94. The Balaban J connectivity index is 1.58. The lowest BCUT2D eigenvalue weighted by atomic mass is 9.75. The molecule has 0 N–H and O–H groups in total. The monoisotopic (exact) mass is 317 g/mol. The molecule has 0 radical (unpaired) electrons. The van der Waals surface area contributed by atoms with Gasteiger partial charge in [0.15, 0.2) is 0 Å². The zero-order valence-corrected chi connectivity index (χ0v) is 14.1. The third kappa shape index (κ3) is 1.90. The largest absolute Gasteiger partial charge is 0.289 e. The Morgan fingerprint density at radius 3 is 2.76 bits per heavy atom. The summed E-state index contributed by atoms with van der Waals surface area (Å²) in [5, 5.41) is 0. The maximum Gasteiger partial charge on any atom is 0.0672 e. The molecule has 1 aliphatic carbocycles. The Labute approximate surface area is 136 Å². The summed E-state index contributed by atoms with van der Waals surface area (Å²) in [5.74, 6) is 3.69. The average molecular weight is 318 g/mol. The Morgan fingerprint density at radius 2 is 1.86 bits per heavy atom. The molecule has 2 saturated heterocycles. The average Bonchev–Trinajstić information content (AvgIpc) is 3.14. The normalized spacial score (nSPS) is 37.2. The Hall–Kier alpha value is -0.120. The predicted molar refractivity (Wildman–Crippen MR) is 92.7 cm³/mol. The molecular weight excluding hydrogens is 294 g/mol. The van der Waals surface area contributed by atoms with Crippen LogP contribution in [0, 0.1) is 5.92 Å². The zero-order chi connectivity index (χ0) is 13.9. The Bertz CT molecular complexity index is 552. The fraction of sp³-hybridized carbons (Fsp3) is 0.667. The molecule has 3 heterocycles. The number of hydrogen-bond acceptors (Lipinski definition) is 3. The molecule has 0 aromatic heterocycles. The molecule has 0 amide bonds. The molecule has 1 nitrogen and oxygen atoms in total. The molecular formula is C18H23NS2. The highest BCUT2D eigenvalue weighted by atomic mass is 32.2. The van der Waals surface area contributed by atoms with E-state index in [1.165, 1.54) is 50.2 Å². The fourth-order valence-electron chi connectivity index (χ4n) is 5.31. The summed E-state index contributed by atoms with van der Waals surface area (Å²) in [6.07, 6.45) is 7.23. The third-order valence-corrected chi connectivity index (χ3v) is 9.84. The fourth-order valence-corrected chi connectivity index (χ4v) is 9.03. The molecule has 21 heavy (non-hydrogen) atoms. The second-order valence-corrected chi connectivity index (χ2v) is 10.2. The Kier molecular flexibility index (Phi) is 3.14. The maximum atomic E-state index is 2.89. The molecule has 1 aromatic rings. The van der Waals surface area contributed by atoms with Crippen molar-refractivity contribution in [3.8, 4) is 0 Å². The van der Waals surface area contributed by atoms with Gasteiger partial charge in [0, 0.05) is 30.1 Å². The molecule has 1 saturated carbocycles. The van der Waals surface area contributed by atoms with Gasteiger partial charge in [0.05, 0.1) is 4.08 Å². The van der Waals surface area contributed by atoms with Gasteiger partial charge >= 0.3 is 0 Å². The summed E-state index contributed by atoms with van der Waals surface area (Å²) in [4.78, 5) is 2.89. The summed E-state index contributed by atoms with van der Waals surface area (Å²) in [6, 6.07) is 10.8. The second-order valence-electron chi connectivity index (χ2n) is 7.06. The van der Waals surface area contributed by atoms with Crippen molar-refractivity contribution in [2.24, 2.45) is 5.92 Å².